The van der Waals surface area contributed by atoms with Crippen LogP contribution in [-0.2, 0) is 27.7 Å². The van der Waals surface area contributed by atoms with E-state index in [4.69, 9.17) is 5.11 Å². The molecule has 0 aliphatic heterocycles. The van der Waals surface area contributed by atoms with E-state index < -0.39 is 22.0 Å². The van der Waals surface area contributed by atoms with E-state index in [1.165, 1.54) is 12.5 Å². The highest BCUT2D eigenvalue weighted by Gasteiger charge is 2.22. The Morgan fingerprint density at radius 2 is 1.89 bits per heavy atom. The molecule has 0 saturated carbocycles. The van der Waals surface area contributed by atoms with Crippen molar-refractivity contribution in [3.8, 4) is 0 Å². The van der Waals surface area contributed by atoms with Crippen molar-refractivity contribution in [2.75, 3.05) is 0 Å². The van der Waals surface area contributed by atoms with Gasteiger partial charge in [-0.15, -0.1) is 0 Å². The van der Waals surface area contributed by atoms with Gasteiger partial charge in [-0.1, -0.05) is 6.07 Å². The molecule has 2 rings (SSSR count). The first-order chi connectivity index (χ1) is 8.90. The number of aliphatic carboxylic acids is 1. The highest BCUT2D eigenvalue weighted by molar-refractivity contribution is 7.89. The Morgan fingerprint density at radius 3 is 2.53 bits per heavy atom. The summed E-state index contributed by atoms with van der Waals surface area (Å²) in [6, 6.07) is 3.89. The molecule has 0 unspecified atom stereocenters. The highest BCUT2D eigenvalue weighted by atomic mass is 32.2. The first kappa shape index (κ1) is 14.0. The number of aryl methyl sites for hydroxylation is 2. The third-order valence-corrected chi connectivity index (χ3v) is 4.87. The molecular formula is C13H17NO4S. The smallest absolute Gasteiger partial charge is 0.321 e. The molecule has 1 aliphatic rings. The third-order valence-electron chi connectivity index (χ3n) is 3.33. The lowest BCUT2D eigenvalue weighted by molar-refractivity contribution is -0.138. The summed E-state index contributed by atoms with van der Waals surface area (Å²) < 4.78 is 26.3. The highest BCUT2D eigenvalue weighted by Crippen LogP contribution is 2.24. The van der Waals surface area contributed by atoms with Crippen LogP contribution in [0.25, 0.3) is 0 Å². The molecule has 1 atom stereocenters. The van der Waals surface area contributed by atoms with Crippen molar-refractivity contribution in [3.63, 3.8) is 0 Å². The number of sulfonamides is 1. The Morgan fingerprint density at radius 1 is 1.26 bits per heavy atom. The Kier molecular flexibility index (Phi) is 3.91. The van der Waals surface area contributed by atoms with Crippen LogP contribution in [0, 0.1) is 0 Å². The number of hydrogen-bond donors (Lipinski definition) is 2. The molecule has 1 aromatic carbocycles. The summed E-state index contributed by atoms with van der Waals surface area (Å²) in [6.07, 6.45) is 4.06. The maximum Gasteiger partial charge on any atom is 0.321 e. The minimum atomic E-state index is -3.77. The van der Waals surface area contributed by atoms with Gasteiger partial charge in [0, 0.05) is 0 Å². The minimum absolute atomic E-state index is 0.140. The number of carbonyl (C=O) groups is 1. The predicted octanol–water partition coefficient (Wildman–Crippen LogP) is 1.32. The van der Waals surface area contributed by atoms with Crippen LogP contribution in [0.15, 0.2) is 23.1 Å². The Balaban J connectivity index is 2.28. The number of nitrogens with one attached hydrogen (secondary N) is 1. The van der Waals surface area contributed by atoms with Gasteiger partial charge in [0.05, 0.1) is 4.90 Å². The van der Waals surface area contributed by atoms with Gasteiger partial charge in [0.2, 0.25) is 10.0 Å². The van der Waals surface area contributed by atoms with E-state index >= 15 is 0 Å². The first-order valence-corrected chi connectivity index (χ1v) is 7.75. The van der Waals surface area contributed by atoms with Crippen molar-refractivity contribution >= 4 is 16.0 Å². The van der Waals surface area contributed by atoms with E-state index in [2.05, 4.69) is 4.72 Å². The van der Waals surface area contributed by atoms with Crippen molar-refractivity contribution in [3.05, 3.63) is 29.3 Å². The number of benzene rings is 1. The molecule has 0 amide bonds. The average Bonchev–Trinajstić information content (AvgIpc) is 2.37. The van der Waals surface area contributed by atoms with Crippen molar-refractivity contribution < 1.29 is 18.3 Å². The number of carboxylic acids is 1. The molecule has 2 N–H and O–H groups in total. The van der Waals surface area contributed by atoms with Crippen LogP contribution in [-0.4, -0.2) is 25.5 Å². The molecule has 1 aromatic rings. The molecule has 6 heteroatoms. The predicted molar refractivity (Wildman–Crippen MR) is 70.5 cm³/mol. The summed E-state index contributed by atoms with van der Waals surface area (Å²) in [5.41, 5.74) is 2.24. The lowest BCUT2D eigenvalue weighted by Gasteiger charge is -2.17. The third kappa shape index (κ3) is 3.13. The van der Waals surface area contributed by atoms with Gasteiger partial charge in [-0.25, -0.2) is 8.42 Å². The van der Waals surface area contributed by atoms with Gasteiger partial charge in [-0.2, -0.15) is 4.72 Å². The van der Waals surface area contributed by atoms with Crippen molar-refractivity contribution in [2.45, 2.75) is 43.5 Å². The number of carboxylic acid groups (broad SMARTS) is 1. The molecule has 104 valence electrons. The van der Waals surface area contributed by atoms with Gasteiger partial charge in [0.25, 0.3) is 0 Å². The molecule has 19 heavy (non-hydrogen) atoms. The Hall–Kier alpha value is -1.40. The standard InChI is InChI=1S/C13H17NO4S/c1-9(13(15)16)14-19(17,18)12-7-6-10-4-2-3-5-11(10)8-12/h6-9,14H,2-5H2,1H3,(H,15,16)/t9-/m0/s1. The summed E-state index contributed by atoms with van der Waals surface area (Å²) in [5.74, 6) is -1.19. The van der Waals surface area contributed by atoms with Crippen LogP contribution < -0.4 is 4.72 Å². The Labute approximate surface area is 112 Å². The summed E-state index contributed by atoms with van der Waals surface area (Å²) in [6.45, 7) is 1.30. The van der Waals surface area contributed by atoms with Crippen molar-refractivity contribution in [1.29, 1.82) is 0 Å². The van der Waals surface area contributed by atoms with Crippen LogP contribution in [0.4, 0.5) is 0 Å². The van der Waals surface area contributed by atoms with E-state index in [1.807, 2.05) is 6.07 Å². The average molecular weight is 283 g/mol. The summed E-state index contributed by atoms with van der Waals surface area (Å²) >= 11 is 0. The summed E-state index contributed by atoms with van der Waals surface area (Å²) in [5, 5.41) is 8.76. The fraction of sp³-hybridized carbons (Fsp3) is 0.462. The normalized spacial score (nSPS) is 16.7. The molecule has 0 fully saturated rings. The Bertz CT molecular complexity index is 595. The lowest BCUT2D eigenvalue weighted by atomic mass is 9.92. The van der Waals surface area contributed by atoms with Crippen LogP contribution in [0.2, 0.25) is 0 Å². The first-order valence-electron chi connectivity index (χ1n) is 6.27. The number of rotatable bonds is 4. The zero-order valence-electron chi connectivity index (χ0n) is 10.7. The molecule has 0 bridgehead atoms. The largest absolute Gasteiger partial charge is 0.480 e. The lowest BCUT2D eigenvalue weighted by Crippen LogP contribution is -2.38. The zero-order chi connectivity index (χ0) is 14.0. The van der Waals surface area contributed by atoms with Crippen molar-refractivity contribution in [2.24, 2.45) is 0 Å². The second-order valence-corrected chi connectivity index (χ2v) is 6.53. The maximum atomic E-state index is 12.1. The monoisotopic (exact) mass is 283 g/mol. The van der Waals surface area contributed by atoms with Gasteiger partial charge in [-0.3, -0.25) is 4.79 Å². The molecule has 0 radical (unpaired) electrons. The van der Waals surface area contributed by atoms with E-state index in [9.17, 15) is 13.2 Å². The van der Waals surface area contributed by atoms with Crippen LogP contribution >= 0.6 is 0 Å². The minimum Gasteiger partial charge on any atom is -0.480 e. The second kappa shape index (κ2) is 5.30. The molecule has 0 saturated heterocycles. The second-order valence-electron chi connectivity index (χ2n) is 4.82. The number of hydrogen-bond acceptors (Lipinski definition) is 3. The molecule has 0 spiro atoms. The molecule has 0 heterocycles. The molecular weight excluding hydrogens is 266 g/mol. The van der Waals surface area contributed by atoms with E-state index in [1.54, 1.807) is 12.1 Å². The number of fused-ring (bicyclic) bond motifs is 1. The van der Waals surface area contributed by atoms with Crippen LogP contribution in [0.1, 0.15) is 30.9 Å². The fourth-order valence-corrected chi connectivity index (χ4v) is 3.48. The van der Waals surface area contributed by atoms with Gasteiger partial charge in [0.15, 0.2) is 0 Å². The van der Waals surface area contributed by atoms with Gasteiger partial charge >= 0.3 is 5.97 Å². The maximum absolute atomic E-state index is 12.1. The summed E-state index contributed by atoms with van der Waals surface area (Å²) in [4.78, 5) is 10.9. The fourth-order valence-electron chi connectivity index (χ4n) is 2.23. The van der Waals surface area contributed by atoms with Gasteiger partial charge < -0.3 is 5.11 Å². The van der Waals surface area contributed by atoms with E-state index in [0.29, 0.717) is 0 Å². The summed E-state index contributed by atoms with van der Waals surface area (Å²) in [7, 11) is -3.77. The SMILES string of the molecule is C[C@H](NS(=O)(=O)c1ccc2c(c1)CCCC2)C(=O)O. The van der Waals surface area contributed by atoms with Gasteiger partial charge in [-0.05, 0) is 55.9 Å². The van der Waals surface area contributed by atoms with E-state index in [-0.39, 0.29) is 4.90 Å². The molecule has 0 aromatic heterocycles. The van der Waals surface area contributed by atoms with E-state index in [0.717, 1.165) is 31.2 Å². The molecule has 5 nitrogen and oxygen atoms in total. The van der Waals surface area contributed by atoms with Crippen molar-refractivity contribution in [1.82, 2.24) is 4.72 Å². The van der Waals surface area contributed by atoms with Crippen LogP contribution in [0.5, 0.6) is 0 Å². The quantitative estimate of drug-likeness (QED) is 0.873. The van der Waals surface area contributed by atoms with Crippen LogP contribution in [0.3, 0.4) is 0 Å². The molecule has 1 aliphatic carbocycles. The topological polar surface area (TPSA) is 83.5 Å². The van der Waals surface area contributed by atoms with Gasteiger partial charge in [0.1, 0.15) is 6.04 Å². The zero-order valence-corrected chi connectivity index (χ0v) is 11.5.